The quantitative estimate of drug-likeness (QED) is 0.779. The number of likely N-dealkylation sites (tertiary alicyclic amines) is 1. The molecule has 0 aromatic heterocycles. The van der Waals surface area contributed by atoms with Gasteiger partial charge in [0.25, 0.3) is 0 Å². The zero-order valence-electron chi connectivity index (χ0n) is 14.9. The molecule has 2 saturated heterocycles. The summed E-state index contributed by atoms with van der Waals surface area (Å²) in [5, 5.41) is 0.823. The lowest BCUT2D eigenvalue weighted by atomic mass is 10.2. The molecule has 2 aliphatic heterocycles. The van der Waals surface area contributed by atoms with E-state index in [1.54, 1.807) is 0 Å². The Bertz CT molecular complexity index is 584. The minimum atomic E-state index is 0.282. The number of hydrogen-bond acceptors (Lipinski definition) is 3. The first-order valence-corrected chi connectivity index (χ1v) is 9.72. The van der Waals surface area contributed by atoms with Crippen molar-refractivity contribution in [3.63, 3.8) is 0 Å². The van der Waals surface area contributed by atoms with Crippen LogP contribution in [0.2, 0.25) is 0 Å². The van der Waals surface area contributed by atoms with Crippen molar-refractivity contribution in [1.82, 2.24) is 14.7 Å². The summed E-state index contributed by atoms with van der Waals surface area (Å²) in [5.74, 6) is 0.282. The van der Waals surface area contributed by atoms with E-state index in [1.165, 1.54) is 25.9 Å². The van der Waals surface area contributed by atoms with E-state index in [-0.39, 0.29) is 5.91 Å². The van der Waals surface area contributed by atoms with Crippen LogP contribution in [-0.2, 0) is 4.79 Å². The number of carbonyl (C=O) groups excluding carboxylic acids is 1. The summed E-state index contributed by atoms with van der Waals surface area (Å²) in [6.07, 6.45) is 5.21. The SMILES string of the molecule is O=C1CCN(C/C(Cl)=C/c2ccccc2)CCN1CCN1CCCC1. The van der Waals surface area contributed by atoms with Crippen molar-refractivity contribution < 1.29 is 4.79 Å². The van der Waals surface area contributed by atoms with E-state index < -0.39 is 0 Å². The molecule has 2 heterocycles. The van der Waals surface area contributed by atoms with Gasteiger partial charge >= 0.3 is 0 Å². The van der Waals surface area contributed by atoms with Gasteiger partial charge in [-0.05, 0) is 37.6 Å². The van der Waals surface area contributed by atoms with Gasteiger partial charge in [-0.1, -0.05) is 41.9 Å². The molecular weight excluding hydrogens is 334 g/mol. The number of hydrogen-bond donors (Lipinski definition) is 0. The van der Waals surface area contributed by atoms with Crippen molar-refractivity contribution in [3.8, 4) is 0 Å². The lowest BCUT2D eigenvalue weighted by Crippen LogP contribution is -2.39. The number of amides is 1. The topological polar surface area (TPSA) is 26.8 Å². The van der Waals surface area contributed by atoms with E-state index in [4.69, 9.17) is 11.6 Å². The van der Waals surface area contributed by atoms with Crippen LogP contribution in [0.1, 0.15) is 24.8 Å². The van der Waals surface area contributed by atoms with E-state index in [0.717, 1.165) is 43.3 Å². The van der Waals surface area contributed by atoms with E-state index in [9.17, 15) is 4.79 Å². The minimum Gasteiger partial charge on any atom is -0.340 e. The van der Waals surface area contributed by atoms with Crippen molar-refractivity contribution in [3.05, 3.63) is 40.9 Å². The van der Waals surface area contributed by atoms with Crippen LogP contribution in [0.5, 0.6) is 0 Å². The van der Waals surface area contributed by atoms with Gasteiger partial charge in [-0.15, -0.1) is 0 Å². The third-order valence-electron chi connectivity index (χ3n) is 5.06. The predicted molar refractivity (Wildman–Crippen MR) is 104 cm³/mol. The van der Waals surface area contributed by atoms with Crippen LogP contribution in [0.3, 0.4) is 0 Å². The molecule has 1 amide bonds. The standard InChI is InChI=1S/C20H28ClN3O/c21-19(16-18-6-2-1-3-7-18)17-23-11-8-20(25)24(15-13-23)14-12-22-9-4-5-10-22/h1-3,6-7,16H,4-5,8-15,17H2/b19-16-. The Morgan fingerprint density at radius 2 is 1.72 bits per heavy atom. The number of rotatable bonds is 6. The molecule has 0 spiro atoms. The maximum absolute atomic E-state index is 12.4. The molecule has 0 N–H and O–H groups in total. The van der Waals surface area contributed by atoms with Crippen LogP contribution in [-0.4, -0.2) is 73.0 Å². The van der Waals surface area contributed by atoms with Crippen molar-refractivity contribution >= 4 is 23.6 Å². The first-order valence-electron chi connectivity index (χ1n) is 9.34. The normalized spacial score (nSPS) is 20.9. The molecule has 1 aromatic carbocycles. The monoisotopic (exact) mass is 361 g/mol. The second-order valence-corrected chi connectivity index (χ2v) is 7.44. The maximum Gasteiger partial charge on any atom is 0.223 e. The van der Waals surface area contributed by atoms with Crippen molar-refractivity contribution in [2.24, 2.45) is 0 Å². The summed E-state index contributed by atoms with van der Waals surface area (Å²) in [7, 11) is 0. The van der Waals surface area contributed by atoms with Gasteiger partial charge in [0.15, 0.2) is 0 Å². The second kappa shape index (κ2) is 9.37. The van der Waals surface area contributed by atoms with E-state index in [0.29, 0.717) is 13.0 Å². The highest BCUT2D eigenvalue weighted by molar-refractivity contribution is 6.31. The molecule has 0 radical (unpaired) electrons. The van der Waals surface area contributed by atoms with Gasteiger partial charge in [0, 0.05) is 50.7 Å². The Morgan fingerprint density at radius 1 is 0.960 bits per heavy atom. The van der Waals surface area contributed by atoms with Gasteiger partial charge in [-0.2, -0.15) is 0 Å². The fourth-order valence-electron chi connectivity index (χ4n) is 3.56. The van der Waals surface area contributed by atoms with E-state index in [2.05, 4.69) is 21.9 Å². The molecule has 1 aromatic rings. The molecule has 0 unspecified atom stereocenters. The van der Waals surface area contributed by atoms with Gasteiger partial charge in [-0.25, -0.2) is 0 Å². The molecule has 4 nitrogen and oxygen atoms in total. The Kier molecular flexibility index (Phi) is 6.91. The first-order chi connectivity index (χ1) is 12.2. The third kappa shape index (κ3) is 5.84. The first kappa shape index (κ1) is 18.4. The largest absolute Gasteiger partial charge is 0.340 e. The summed E-state index contributed by atoms with van der Waals surface area (Å²) in [6.45, 7) is 7.46. The summed E-state index contributed by atoms with van der Waals surface area (Å²) >= 11 is 6.44. The Labute approximate surface area is 156 Å². The molecular formula is C20H28ClN3O. The number of halogens is 1. The second-order valence-electron chi connectivity index (χ2n) is 6.96. The van der Waals surface area contributed by atoms with Crippen LogP contribution in [0.25, 0.3) is 6.08 Å². The molecule has 0 saturated carbocycles. The maximum atomic E-state index is 12.4. The molecule has 0 bridgehead atoms. The molecule has 3 rings (SSSR count). The zero-order chi connectivity index (χ0) is 17.5. The average Bonchev–Trinajstić information content (AvgIpc) is 3.07. The summed E-state index contributed by atoms with van der Waals surface area (Å²) < 4.78 is 0. The minimum absolute atomic E-state index is 0.282. The summed E-state index contributed by atoms with van der Waals surface area (Å²) in [4.78, 5) is 19.2. The molecule has 2 fully saturated rings. The van der Waals surface area contributed by atoms with Gasteiger partial charge < -0.3 is 9.80 Å². The molecule has 25 heavy (non-hydrogen) atoms. The van der Waals surface area contributed by atoms with Crippen LogP contribution in [0, 0.1) is 0 Å². The van der Waals surface area contributed by atoms with E-state index >= 15 is 0 Å². The zero-order valence-corrected chi connectivity index (χ0v) is 15.6. The highest BCUT2D eigenvalue weighted by atomic mass is 35.5. The van der Waals surface area contributed by atoms with Crippen LogP contribution >= 0.6 is 11.6 Å². The molecule has 0 aliphatic carbocycles. The summed E-state index contributed by atoms with van der Waals surface area (Å²) in [6, 6.07) is 10.1. The molecule has 5 heteroatoms. The fourth-order valence-corrected chi connectivity index (χ4v) is 3.86. The fraction of sp³-hybridized carbons (Fsp3) is 0.550. The van der Waals surface area contributed by atoms with Crippen molar-refractivity contribution in [1.29, 1.82) is 0 Å². The third-order valence-corrected chi connectivity index (χ3v) is 5.29. The summed E-state index contributed by atoms with van der Waals surface area (Å²) in [5.41, 5.74) is 1.12. The number of nitrogens with zero attached hydrogens (tertiary/aromatic N) is 3. The van der Waals surface area contributed by atoms with Crippen LogP contribution in [0.15, 0.2) is 35.4 Å². The average molecular weight is 362 g/mol. The van der Waals surface area contributed by atoms with E-state index in [1.807, 2.05) is 29.2 Å². The predicted octanol–water partition coefficient (Wildman–Crippen LogP) is 2.90. The van der Waals surface area contributed by atoms with Gasteiger partial charge in [0.1, 0.15) is 0 Å². The highest BCUT2D eigenvalue weighted by Gasteiger charge is 2.22. The Morgan fingerprint density at radius 3 is 2.48 bits per heavy atom. The highest BCUT2D eigenvalue weighted by Crippen LogP contribution is 2.14. The lowest BCUT2D eigenvalue weighted by Gasteiger charge is -2.24. The van der Waals surface area contributed by atoms with Crippen LogP contribution < -0.4 is 0 Å². The number of benzene rings is 1. The molecule has 2 aliphatic rings. The van der Waals surface area contributed by atoms with Gasteiger partial charge in [-0.3, -0.25) is 9.69 Å². The van der Waals surface area contributed by atoms with Gasteiger partial charge in [0.05, 0.1) is 0 Å². The Hall–Kier alpha value is -1.36. The Balaban J connectivity index is 1.48. The lowest BCUT2D eigenvalue weighted by molar-refractivity contribution is -0.130. The molecule has 136 valence electrons. The van der Waals surface area contributed by atoms with Crippen molar-refractivity contribution in [2.75, 3.05) is 52.4 Å². The molecule has 0 atom stereocenters. The number of carbonyl (C=O) groups is 1. The smallest absolute Gasteiger partial charge is 0.223 e. The van der Waals surface area contributed by atoms with Crippen LogP contribution in [0.4, 0.5) is 0 Å². The van der Waals surface area contributed by atoms with Gasteiger partial charge in [0.2, 0.25) is 5.91 Å². The van der Waals surface area contributed by atoms with Crippen molar-refractivity contribution in [2.45, 2.75) is 19.3 Å².